The van der Waals surface area contributed by atoms with Crippen molar-refractivity contribution in [2.24, 2.45) is 0 Å². The van der Waals surface area contributed by atoms with Crippen molar-refractivity contribution in [2.75, 3.05) is 6.54 Å². The number of carbonyl (C=O) groups excluding carboxylic acids is 1. The molecule has 1 rings (SSSR count). The number of hydrogen-bond acceptors (Lipinski definition) is 2. The Bertz CT molecular complexity index is 376. The molecule has 4 nitrogen and oxygen atoms in total. The van der Waals surface area contributed by atoms with E-state index in [4.69, 9.17) is 5.11 Å². The zero-order chi connectivity index (χ0) is 13.9. The standard InChI is InChI=1S/C11H14F3NO3/c1-7(11(12,13)14)6-9(16)15-5-3-2-4-8(15)10(17)18/h6,8H,2-5H2,1H3,(H,17,18). The lowest BCUT2D eigenvalue weighted by Crippen LogP contribution is -2.47. The van der Waals surface area contributed by atoms with Crippen LogP contribution < -0.4 is 0 Å². The number of aliphatic carboxylic acids is 1. The average molecular weight is 265 g/mol. The molecule has 0 aliphatic carbocycles. The Morgan fingerprint density at radius 3 is 2.44 bits per heavy atom. The molecule has 0 aromatic heterocycles. The Balaban J connectivity index is 2.85. The first-order chi connectivity index (χ1) is 8.23. The van der Waals surface area contributed by atoms with Crippen molar-refractivity contribution in [1.29, 1.82) is 0 Å². The van der Waals surface area contributed by atoms with E-state index in [1.807, 2.05) is 0 Å². The monoisotopic (exact) mass is 265 g/mol. The van der Waals surface area contributed by atoms with Crippen LogP contribution in [0.15, 0.2) is 11.6 Å². The minimum atomic E-state index is -4.57. The van der Waals surface area contributed by atoms with Gasteiger partial charge in [-0.3, -0.25) is 4.79 Å². The predicted octanol–water partition coefficient (Wildman–Crippen LogP) is 1.96. The molecule has 0 aromatic carbocycles. The zero-order valence-corrected chi connectivity index (χ0v) is 9.83. The highest BCUT2D eigenvalue weighted by Gasteiger charge is 2.34. The first kappa shape index (κ1) is 14.5. The molecule has 0 aromatic rings. The number of amides is 1. The second-order valence-corrected chi connectivity index (χ2v) is 4.21. The lowest BCUT2D eigenvalue weighted by Gasteiger charge is -2.32. The largest absolute Gasteiger partial charge is 0.480 e. The fourth-order valence-electron chi connectivity index (χ4n) is 1.80. The molecule has 0 radical (unpaired) electrons. The Morgan fingerprint density at radius 1 is 1.33 bits per heavy atom. The van der Waals surface area contributed by atoms with Crippen LogP contribution in [-0.2, 0) is 9.59 Å². The normalized spacial score (nSPS) is 21.9. The number of rotatable bonds is 2. The van der Waals surface area contributed by atoms with Gasteiger partial charge in [-0.05, 0) is 26.2 Å². The summed E-state index contributed by atoms with van der Waals surface area (Å²) >= 11 is 0. The van der Waals surface area contributed by atoms with Gasteiger partial charge < -0.3 is 10.0 Å². The molecule has 1 aliphatic rings. The van der Waals surface area contributed by atoms with E-state index in [0.717, 1.165) is 11.8 Å². The number of carboxylic acids is 1. The molecule has 18 heavy (non-hydrogen) atoms. The van der Waals surface area contributed by atoms with Crippen LogP contribution in [0.4, 0.5) is 13.2 Å². The summed E-state index contributed by atoms with van der Waals surface area (Å²) in [5, 5.41) is 8.91. The van der Waals surface area contributed by atoms with E-state index in [1.54, 1.807) is 0 Å². The van der Waals surface area contributed by atoms with E-state index in [1.165, 1.54) is 0 Å². The third-order valence-corrected chi connectivity index (χ3v) is 2.86. The number of carbonyl (C=O) groups is 2. The highest BCUT2D eigenvalue weighted by molar-refractivity contribution is 5.92. The van der Waals surface area contributed by atoms with Crippen molar-refractivity contribution in [3.63, 3.8) is 0 Å². The number of halogens is 3. The number of nitrogens with zero attached hydrogens (tertiary/aromatic N) is 1. The van der Waals surface area contributed by atoms with Crippen LogP contribution in [-0.4, -0.2) is 40.6 Å². The van der Waals surface area contributed by atoms with Crippen LogP contribution in [0.5, 0.6) is 0 Å². The lowest BCUT2D eigenvalue weighted by molar-refractivity contribution is -0.150. The van der Waals surface area contributed by atoms with Gasteiger partial charge in [0, 0.05) is 18.2 Å². The maximum atomic E-state index is 12.3. The van der Waals surface area contributed by atoms with Gasteiger partial charge in [-0.15, -0.1) is 0 Å². The fourth-order valence-corrected chi connectivity index (χ4v) is 1.80. The molecule has 1 unspecified atom stereocenters. The average Bonchev–Trinajstić information content (AvgIpc) is 2.27. The molecule has 0 bridgehead atoms. The summed E-state index contributed by atoms with van der Waals surface area (Å²) in [4.78, 5) is 23.6. The smallest absolute Gasteiger partial charge is 0.412 e. The maximum Gasteiger partial charge on any atom is 0.412 e. The molecule has 102 valence electrons. The summed E-state index contributed by atoms with van der Waals surface area (Å²) in [7, 11) is 0. The van der Waals surface area contributed by atoms with Crippen molar-refractivity contribution < 1.29 is 27.9 Å². The van der Waals surface area contributed by atoms with Gasteiger partial charge >= 0.3 is 12.1 Å². The van der Waals surface area contributed by atoms with E-state index in [2.05, 4.69) is 0 Å². The van der Waals surface area contributed by atoms with Gasteiger partial charge in [-0.25, -0.2) is 4.79 Å². The highest BCUT2D eigenvalue weighted by atomic mass is 19.4. The molecule has 1 heterocycles. The van der Waals surface area contributed by atoms with Gasteiger partial charge in [0.2, 0.25) is 5.91 Å². The van der Waals surface area contributed by atoms with E-state index < -0.39 is 29.7 Å². The first-order valence-electron chi connectivity index (χ1n) is 5.52. The highest BCUT2D eigenvalue weighted by Crippen LogP contribution is 2.25. The lowest BCUT2D eigenvalue weighted by atomic mass is 10.0. The summed E-state index contributed by atoms with van der Waals surface area (Å²) in [6, 6.07) is -1.02. The van der Waals surface area contributed by atoms with E-state index in [9.17, 15) is 22.8 Å². The van der Waals surface area contributed by atoms with Gasteiger partial charge in [-0.2, -0.15) is 13.2 Å². The van der Waals surface area contributed by atoms with Crippen LogP contribution in [0.1, 0.15) is 26.2 Å². The molecule has 7 heteroatoms. The predicted molar refractivity (Wildman–Crippen MR) is 56.8 cm³/mol. The van der Waals surface area contributed by atoms with Crippen LogP contribution in [0.3, 0.4) is 0 Å². The quantitative estimate of drug-likeness (QED) is 0.776. The molecule has 1 atom stereocenters. The molecular weight excluding hydrogens is 251 g/mol. The molecule has 0 saturated carbocycles. The SMILES string of the molecule is CC(=CC(=O)N1CCCCC1C(=O)O)C(F)(F)F. The second-order valence-electron chi connectivity index (χ2n) is 4.21. The fraction of sp³-hybridized carbons (Fsp3) is 0.636. The summed E-state index contributed by atoms with van der Waals surface area (Å²) in [6.45, 7) is 0.967. The number of likely N-dealkylation sites (tertiary alicyclic amines) is 1. The van der Waals surface area contributed by atoms with Crippen LogP contribution in [0.2, 0.25) is 0 Å². The third-order valence-electron chi connectivity index (χ3n) is 2.86. The maximum absolute atomic E-state index is 12.3. The minimum absolute atomic E-state index is 0.178. The second kappa shape index (κ2) is 5.41. The minimum Gasteiger partial charge on any atom is -0.480 e. The van der Waals surface area contributed by atoms with Gasteiger partial charge in [0.25, 0.3) is 0 Å². The van der Waals surface area contributed by atoms with E-state index in [0.29, 0.717) is 18.9 Å². The summed E-state index contributed by atoms with van der Waals surface area (Å²) < 4.78 is 36.8. The zero-order valence-electron chi connectivity index (χ0n) is 9.83. The van der Waals surface area contributed by atoms with Crippen LogP contribution >= 0.6 is 0 Å². The van der Waals surface area contributed by atoms with E-state index >= 15 is 0 Å². The van der Waals surface area contributed by atoms with Gasteiger partial charge in [-0.1, -0.05) is 0 Å². The summed E-state index contributed by atoms with van der Waals surface area (Å²) in [6.07, 6.45) is -2.57. The Kier molecular flexibility index (Phi) is 4.37. The Morgan fingerprint density at radius 2 is 1.94 bits per heavy atom. The molecule has 0 spiro atoms. The number of carboxylic acid groups (broad SMARTS) is 1. The topological polar surface area (TPSA) is 57.6 Å². The summed E-state index contributed by atoms with van der Waals surface area (Å²) in [5.41, 5.74) is -1.03. The van der Waals surface area contributed by atoms with Gasteiger partial charge in [0.05, 0.1) is 0 Å². The molecule has 1 fully saturated rings. The van der Waals surface area contributed by atoms with Crippen molar-refractivity contribution in [2.45, 2.75) is 38.4 Å². The molecule has 1 amide bonds. The third kappa shape index (κ3) is 3.48. The van der Waals surface area contributed by atoms with Crippen molar-refractivity contribution in [1.82, 2.24) is 4.90 Å². The number of piperidine rings is 1. The molecule has 1 N–H and O–H groups in total. The first-order valence-corrected chi connectivity index (χ1v) is 5.52. The Hall–Kier alpha value is -1.53. The van der Waals surface area contributed by atoms with Gasteiger partial charge in [0.15, 0.2) is 0 Å². The number of alkyl halides is 3. The van der Waals surface area contributed by atoms with Gasteiger partial charge in [0.1, 0.15) is 6.04 Å². The number of allylic oxidation sites excluding steroid dienone is 1. The van der Waals surface area contributed by atoms with Crippen molar-refractivity contribution in [3.8, 4) is 0 Å². The van der Waals surface area contributed by atoms with Crippen molar-refractivity contribution >= 4 is 11.9 Å². The number of hydrogen-bond donors (Lipinski definition) is 1. The van der Waals surface area contributed by atoms with Crippen molar-refractivity contribution in [3.05, 3.63) is 11.6 Å². The molecule has 1 saturated heterocycles. The Labute approximate surface area is 102 Å². The van der Waals surface area contributed by atoms with Crippen LogP contribution in [0.25, 0.3) is 0 Å². The molecule has 1 aliphatic heterocycles. The summed E-state index contributed by atoms with van der Waals surface area (Å²) in [5.74, 6) is -2.07. The van der Waals surface area contributed by atoms with E-state index in [-0.39, 0.29) is 13.0 Å². The van der Waals surface area contributed by atoms with Crippen LogP contribution in [0, 0.1) is 0 Å². The molecular formula is C11H14F3NO3.